The van der Waals surface area contributed by atoms with Gasteiger partial charge in [-0.05, 0) is 0 Å². The Morgan fingerprint density at radius 3 is 2.81 bits per heavy atom. The SMILES string of the molecule is COC(=O)/C=C1\SCC(=O)N1Cc1csc(C(C)(C)C)n1. The first-order chi connectivity index (χ1) is 9.81. The molecule has 0 radical (unpaired) electrons. The summed E-state index contributed by atoms with van der Waals surface area (Å²) in [4.78, 5) is 29.5. The molecule has 21 heavy (non-hydrogen) atoms. The lowest BCUT2D eigenvalue weighted by Gasteiger charge is -2.16. The van der Waals surface area contributed by atoms with Crippen molar-refractivity contribution in [2.75, 3.05) is 12.9 Å². The average Bonchev–Trinajstić information content (AvgIpc) is 3.00. The number of rotatable bonds is 3. The third-order valence-electron chi connectivity index (χ3n) is 2.87. The maximum Gasteiger partial charge on any atom is 0.333 e. The first-order valence-electron chi connectivity index (χ1n) is 6.49. The molecular formula is C14H18N2O3S2. The van der Waals surface area contributed by atoms with Gasteiger partial charge in [-0.3, -0.25) is 9.69 Å². The molecule has 1 saturated heterocycles. The van der Waals surface area contributed by atoms with E-state index in [0.717, 1.165) is 10.7 Å². The molecule has 2 heterocycles. The molecule has 0 spiro atoms. The number of ether oxygens (including phenoxy) is 1. The Bertz CT molecular complexity index is 587. The van der Waals surface area contributed by atoms with Crippen molar-refractivity contribution in [1.82, 2.24) is 9.88 Å². The first kappa shape index (κ1) is 16.0. The lowest BCUT2D eigenvalue weighted by atomic mass is 9.98. The van der Waals surface area contributed by atoms with Gasteiger partial charge in [-0.1, -0.05) is 32.5 Å². The molecule has 1 aliphatic heterocycles. The summed E-state index contributed by atoms with van der Waals surface area (Å²) in [7, 11) is 1.32. The van der Waals surface area contributed by atoms with Crippen LogP contribution in [-0.2, 0) is 26.3 Å². The maximum absolute atomic E-state index is 12.0. The van der Waals surface area contributed by atoms with Gasteiger partial charge in [0.15, 0.2) is 0 Å². The van der Waals surface area contributed by atoms with Crippen molar-refractivity contribution in [2.45, 2.75) is 32.7 Å². The van der Waals surface area contributed by atoms with E-state index in [9.17, 15) is 9.59 Å². The Labute approximate surface area is 132 Å². The van der Waals surface area contributed by atoms with Gasteiger partial charge in [-0.2, -0.15) is 0 Å². The number of hydrogen-bond donors (Lipinski definition) is 0. The lowest BCUT2D eigenvalue weighted by molar-refractivity contribution is -0.134. The second kappa shape index (κ2) is 6.19. The van der Waals surface area contributed by atoms with Crippen LogP contribution < -0.4 is 0 Å². The minimum atomic E-state index is -0.453. The number of thiazole rings is 1. The highest BCUT2D eigenvalue weighted by atomic mass is 32.2. The average molecular weight is 326 g/mol. The zero-order valence-corrected chi connectivity index (χ0v) is 14.1. The summed E-state index contributed by atoms with van der Waals surface area (Å²) < 4.78 is 4.61. The van der Waals surface area contributed by atoms with E-state index >= 15 is 0 Å². The number of hydrogen-bond acceptors (Lipinski definition) is 6. The number of thioether (sulfide) groups is 1. The summed E-state index contributed by atoms with van der Waals surface area (Å²) in [6.07, 6.45) is 1.35. The normalized spacial score (nSPS) is 17.6. The monoisotopic (exact) mass is 326 g/mol. The number of aromatic nitrogens is 1. The van der Waals surface area contributed by atoms with Gasteiger partial charge >= 0.3 is 5.97 Å². The van der Waals surface area contributed by atoms with Crippen LogP contribution in [0.4, 0.5) is 0 Å². The van der Waals surface area contributed by atoms with E-state index in [0.29, 0.717) is 17.3 Å². The van der Waals surface area contributed by atoms with Crippen molar-refractivity contribution in [3.05, 3.63) is 27.2 Å². The van der Waals surface area contributed by atoms with E-state index in [1.807, 2.05) is 5.38 Å². The summed E-state index contributed by atoms with van der Waals surface area (Å²) in [5.74, 6) is -0.120. The van der Waals surface area contributed by atoms with Gasteiger partial charge in [0.05, 0.1) is 41.2 Å². The van der Waals surface area contributed by atoms with Gasteiger partial charge in [0.1, 0.15) is 0 Å². The summed E-state index contributed by atoms with van der Waals surface area (Å²) >= 11 is 2.94. The van der Waals surface area contributed by atoms with E-state index in [2.05, 4.69) is 30.5 Å². The minimum absolute atomic E-state index is 0.00261. The second-order valence-electron chi connectivity index (χ2n) is 5.67. The van der Waals surface area contributed by atoms with Gasteiger partial charge in [0.25, 0.3) is 0 Å². The van der Waals surface area contributed by atoms with Crippen LogP contribution in [0.25, 0.3) is 0 Å². The maximum atomic E-state index is 12.0. The Morgan fingerprint density at radius 2 is 2.24 bits per heavy atom. The van der Waals surface area contributed by atoms with Crippen LogP contribution in [0.2, 0.25) is 0 Å². The molecule has 1 amide bonds. The van der Waals surface area contributed by atoms with Crippen molar-refractivity contribution in [2.24, 2.45) is 0 Å². The summed E-state index contributed by atoms with van der Waals surface area (Å²) in [6.45, 7) is 6.71. The fourth-order valence-electron chi connectivity index (χ4n) is 1.75. The van der Waals surface area contributed by atoms with Gasteiger partial charge in [-0.15, -0.1) is 11.3 Å². The van der Waals surface area contributed by atoms with Crippen LogP contribution in [0.15, 0.2) is 16.5 Å². The lowest BCUT2D eigenvalue weighted by Crippen LogP contribution is -2.24. The van der Waals surface area contributed by atoms with Crippen molar-refractivity contribution in [1.29, 1.82) is 0 Å². The van der Waals surface area contributed by atoms with Crippen molar-refractivity contribution >= 4 is 35.0 Å². The molecule has 1 aromatic heterocycles. The Morgan fingerprint density at radius 1 is 1.52 bits per heavy atom. The molecule has 5 nitrogen and oxygen atoms in total. The van der Waals surface area contributed by atoms with Crippen molar-refractivity contribution < 1.29 is 14.3 Å². The number of amides is 1. The third-order valence-corrected chi connectivity index (χ3v) is 5.21. The predicted octanol–water partition coefficient (Wildman–Crippen LogP) is 2.53. The molecule has 2 rings (SSSR count). The molecule has 0 bridgehead atoms. The molecule has 1 aliphatic rings. The number of carbonyl (C=O) groups is 2. The van der Waals surface area contributed by atoms with Gasteiger partial charge in [0.2, 0.25) is 5.91 Å². The minimum Gasteiger partial charge on any atom is -0.466 e. The Balaban J connectivity index is 2.16. The summed E-state index contributed by atoms with van der Waals surface area (Å²) in [5, 5.41) is 3.62. The fourth-order valence-corrected chi connectivity index (χ4v) is 3.57. The van der Waals surface area contributed by atoms with Gasteiger partial charge in [-0.25, -0.2) is 9.78 Å². The molecule has 0 atom stereocenters. The third kappa shape index (κ3) is 3.85. The second-order valence-corrected chi connectivity index (χ2v) is 7.52. The van der Waals surface area contributed by atoms with E-state index in [4.69, 9.17) is 0 Å². The topological polar surface area (TPSA) is 59.5 Å². The van der Waals surface area contributed by atoms with E-state index in [1.54, 1.807) is 16.2 Å². The number of esters is 1. The number of nitrogens with zero attached hydrogens (tertiary/aromatic N) is 2. The molecule has 114 valence electrons. The first-order valence-corrected chi connectivity index (χ1v) is 8.35. The standard InChI is InChI=1S/C14H18N2O3S2/c1-14(2,3)13-15-9(7-21-13)6-16-10(17)8-20-11(16)5-12(18)19-4/h5,7H,6,8H2,1-4H3/b11-5-. The van der Waals surface area contributed by atoms with Crippen LogP contribution in [0.5, 0.6) is 0 Å². The Kier molecular flexibility index (Phi) is 4.73. The highest BCUT2D eigenvalue weighted by Crippen LogP contribution is 2.32. The van der Waals surface area contributed by atoms with Crippen LogP contribution in [0.3, 0.4) is 0 Å². The zero-order valence-electron chi connectivity index (χ0n) is 12.5. The van der Waals surface area contributed by atoms with Crippen LogP contribution >= 0.6 is 23.1 Å². The zero-order chi connectivity index (χ0) is 15.6. The fraction of sp³-hybridized carbons (Fsp3) is 0.500. The van der Waals surface area contributed by atoms with E-state index < -0.39 is 5.97 Å². The van der Waals surface area contributed by atoms with Gasteiger partial charge in [0, 0.05) is 10.8 Å². The molecule has 0 aromatic carbocycles. The molecule has 0 N–H and O–H groups in total. The molecule has 1 aromatic rings. The number of carbonyl (C=O) groups excluding carboxylic acids is 2. The van der Waals surface area contributed by atoms with Crippen LogP contribution in [-0.4, -0.2) is 34.6 Å². The van der Waals surface area contributed by atoms with Crippen LogP contribution in [0.1, 0.15) is 31.5 Å². The quantitative estimate of drug-likeness (QED) is 0.631. The summed E-state index contributed by atoms with van der Waals surface area (Å²) in [6, 6.07) is 0. The Hall–Kier alpha value is -1.34. The highest BCUT2D eigenvalue weighted by molar-refractivity contribution is 8.04. The van der Waals surface area contributed by atoms with E-state index in [1.165, 1.54) is 24.9 Å². The molecule has 0 unspecified atom stereocenters. The van der Waals surface area contributed by atoms with Gasteiger partial charge < -0.3 is 4.74 Å². The summed E-state index contributed by atoms with van der Waals surface area (Å²) in [5.41, 5.74) is 0.841. The van der Waals surface area contributed by atoms with Crippen LogP contribution in [0, 0.1) is 0 Å². The molecule has 7 heteroatoms. The highest BCUT2D eigenvalue weighted by Gasteiger charge is 2.28. The smallest absolute Gasteiger partial charge is 0.333 e. The van der Waals surface area contributed by atoms with Crippen molar-refractivity contribution in [3.63, 3.8) is 0 Å². The largest absolute Gasteiger partial charge is 0.466 e. The molecular weight excluding hydrogens is 308 g/mol. The van der Waals surface area contributed by atoms with Crippen molar-refractivity contribution in [3.8, 4) is 0 Å². The predicted molar refractivity (Wildman–Crippen MR) is 83.9 cm³/mol. The number of methoxy groups -OCH3 is 1. The molecule has 0 aliphatic carbocycles. The molecule has 0 saturated carbocycles. The molecule has 1 fully saturated rings. The van der Waals surface area contributed by atoms with E-state index in [-0.39, 0.29) is 11.3 Å².